The topological polar surface area (TPSA) is 40.6 Å². The third kappa shape index (κ3) is 4.65. The third-order valence-electron chi connectivity index (χ3n) is 4.47. The average molecular weight is 350 g/mol. The van der Waals surface area contributed by atoms with Crippen LogP contribution < -0.4 is 0 Å². The van der Waals surface area contributed by atoms with E-state index in [1.54, 1.807) is 4.90 Å². The van der Waals surface area contributed by atoms with Gasteiger partial charge in [-0.05, 0) is 31.4 Å². The molecule has 2 rings (SSSR count). The summed E-state index contributed by atoms with van der Waals surface area (Å²) in [6.45, 7) is 6.54. The predicted octanol–water partition coefficient (Wildman–Crippen LogP) is 3.27. The third-order valence-corrected chi connectivity index (χ3v) is 4.47. The number of halogens is 2. The molecular weight excluding hydrogens is 326 g/mol. The molecule has 0 aliphatic carbocycles. The first-order valence-corrected chi connectivity index (χ1v) is 8.63. The van der Waals surface area contributed by atoms with Gasteiger partial charge in [0.05, 0.1) is 0 Å². The fraction of sp³-hybridized carbons (Fsp3) is 0.474. The lowest BCUT2D eigenvalue weighted by Gasteiger charge is -2.30. The van der Waals surface area contributed by atoms with E-state index < -0.39 is 17.7 Å². The standard InChI is InChI=1S/C19H24F2N2O2/c1-3-5-10-22(13-14-8-9-15(20)12-16(14)21)19(25)17-7-6-11-23(17)18(24)4-2/h4,8-9,12,17H,2-3,5-7,10-11,13H2,1H3. The highest BCUT2D eigenvalue weighted by atomic mass is 19.1. The van der Waals surface area contributed by atoms with Gasteiger partial charge in [0.1, 0.15) is 17.7 Å². The SMILES string of the molecule is C=CC(=O)N1CCCC1C(=O)N(CCCC)Cc1ccc(F)cc1F. The first-order valence-electron chi connectivity index (χ1n) is 8.63. The minimum absolute atomic E-state index is 0.0670. The highest BCUT2D eigenvalue weighted by Crippen LogP contribution is 2.22. The van der Waals surface area contributed by atoms with Gasteiger partial charge < -0.3 is 9.80 Å². The maximum atomic E-state index is 14.0. The van der Waals surface area contributed by atoms with Gasteiger partial charge in [0.15, 0.2) is 0 Å². The van der Waals surface area contributed by atoms with Crippen molar-refractivity contribution < 1.29 is 18.4 Å². The number of benzene rings is 1. The number of hydrogen-bond donors (Lipinski definition) is 0. The normalized spacial score (nSPS) is 16.8. The summed E-state index contributed by atoms with van der Waals surface area (Å²) in [5.74, 6) is -1.77. The number of amides is 2. The monoisotopic (exact) mass is 350 g/mol. The molecule has 1 atom stereocenters. The van der Waals surface area contributed by atoms with Gasteiger partial charge in [0.25, 0.3) is 0 Å². The van der Waals surface area contributed by atoms with Crippen molar-refractivity contribution >= 4 is 11.8 Å². The summed E-state index contributed by atoms with van der Waals surface area (Å²) in [6, 6.07) is 2.83. The summed E-state index contributed by atoms with van der Waals surface area (Å²) in [5, 5.41) is 0. The van der Waals surface area contributed by atoms with E-state index in [-0.39, 0.29) is 23.9 Å². The fourth-order valence-corrected chi connectivity index (χ4v) is 3.09. The molecule has 0 saturated carbocycles. The van der Waals surface area contributed by atoms with Gasteiger partial charge in [-0.1, -0.05) is 26.0 Å². The molecule has 2 amide bonds. The van der Waals surface area contributed by atoms with Crippen LogP contribution in [0.5, 0.6) is 0 Å². The Morgan fingerprint density at radius 1 is 1.40 bits per heavy atom. The molecule has 0 spiro atoms. The first-order chi connectivity index (χ1) is 12.0. The van der Waals surface area contributed by atoms with E-state index in [1.807, 2.05) is 6.92 Å². The second kappa shape index (κ2) is 8.74. The molecule has 0 bridgehead atoms. The summed E-state index contributed by atoms with van der Waals surface area (Å²) in [7, 11) is 0. The van der Waals surface area contributed by atoms with Crippen molar-refractivity contribution in [3.63, 3.8) is 0 Å². The highest BCUT2D eigenvalue weighted by Gasteiger charge is 2.35. The van der Waals surface area contributed by atoms with Gasteiger partial charge in [0.2, 0.25) is 11.8 Å². The Kier molecular flexibility index (Phi) is 6.67. The lowest BCUT2D eigenvalue weighted by Crippen LogP contribution is -2.47. The van der Waals surface area contributed by atoms with Crippen LogP contribution in [0.4, 0.5) is 8.78 Å². The van der Waals surface area contributed by atoms with E-state index in [0.29, 0.717) is 19.5 Å². The lowest BCUT2D eigenvalue weighted by molar-refractivity contribution is -0.142. The van der Waals surface area contributed by atoms with Gasteiger partial charge in [0, 0.05) is 31.3 Å². The van der Waals surface area contributed by atoms with Crippen molar-refractivity contribution in [3.05, 3.63) is 48.1 Å². The van der Waals surface area contributed by atoms with Crippen LogP contribution in [0.25, 0.3) is 0 Å². The zero-order valence-electron chi connectivity index (χ0n) is 14.5. The Morgan fingerprint density at radius 3 is 2.80 bits per heavy atom. The molecule has 1 saturated heterocycles. The van der Waals surface area contributed by atoms with E-state index in [9.17, 15) is 18.4 Å². The van der Waals surface area contributed by atoms with Crippen LogP contribution in [0, 0.1) is 11.6 Å². The van der Waals surface area contributed by atoms with Crippen molar-refractivity contribution in [2.75, 3.05) is 13.1 Å². The van der Waals surface area contributed by atoms with Crippen LogP contribution in [-0.2, 0) is 16.1 Å². The van der Waals surface area contributed by atoms with E-state index >= 15 is 0 Å². The van der Waals surface area contributed by atoms with Crippen molar-refractivity contribution in [2.24, 2.45) is 0 Å². The van der Waals surface area contributed by atoms with E-state index in [1.165, 1.54) is 23.1 Å². The zero-order chi connectivity index (χ0) is 18.4. The van der Waals surface area contributed by atoms with Crippen LogP contribution in [0.2, 0.25) is 0 Å². The fourth-order valence-electron chi connectivity index (χ4n) is 3.09. The van der Waals surface area contributed by atoms with Crippen molar-refractivity contribution in [1.29, 1.82) is 0 Å². The number of carbonyl (C=O) groups is 2. The van der Waals surface area contributed by atoms with Gasteiger partial charge in [-0.15, -0.1) is 0 Å². The molecule has 0 radical (unpaired) electrons. The number of carbonyl (C=O) groups excluding carboxylic acids is 2. The minimum atomic E-state index is -0.667. The first kappa shape index (κ1) is 19.1. The van der Waals surface area contributed by atoms with Crippen LogP contribution in [-0.4, -0.2) is 40.7 Å². The molecule has 6 heteroatoms. The summed E-state index contributed by atoms with van der Waals surface area (Å²) < 4.78 is 27.1. The molecule has 1 aromatic carbocycles. The van der Waals surface area contributed by atoms with E-state index in [0.717, 1.165) is 25.3 Å². The molecule has 0 aromatic heterocycles. The number of likely N-dealkylation sites (tertiary alicyclic amines) is 1. The smallest absolute Gasteiger partial charge is 0.246 e. The Balaban J connectivity index is 2.19. The molecular formula is C19H24F2N2O2. The zero-order valence-corrected chi connectivity index (χ0v) is 14.5. The second-order valence-corrected chi connectivity index (χ2v) is 6.24. The molecule has 4 nitrogen and oxygen atoms in total. The predicted molar refractivity (Wildman–Crippen MR) is 91.6 cm³/mol. The van der Waals surface area contributed by atoms with Crippen LogP contribution in [0.15, 0.2) is 30.9 Å². The van der Waals surface area contributed by atoms with E-state index in [2.05, 4.69) is 6.58 Å². The average Bonchev–Trinajstić information content (AvgIpc) is 3.08. The molecule has 1 aromatic rings. The Bertz CT molecular complexity index is 648. The number of unbranched alkanes of at least 4 members (excludes halogenated alkanes) is 1. The molecule has 136 valence electrons. The molecule has 1 unspecified atom stereocenters. The molecule has 1 aliphatic heterocycles. The highest BCUT2D eigenvalue weighted by molar-refractivity contribution is 5.93. The maximum absolute atomic E-state index is 14.0. The lowest BCUT2D eigenvalue weighted by atomic mass is 10.1. The van der Waals surface area contributed by atoms with Gasteiger partial charge >= 0.3 is 0 Å². The van der Waals surface area contributed by atoms with Crippen molar-refractivity contribution in [2.45, 2.75) is 45.2 Å². The molecule has 1 aliphatic rings. The van der Waals surface area contributed by atoms with Gasteiger partial charge in [-0.2, -0.15) is 0 Å². The Labute approximate surface area is 147 Å². The van der Waals surface area contributed by atoms with Crippen LogP contribution in [0.1, 0.15) is 38.2 Å². The van der Waals surface area contributed by atoms with Gasteiger partial charge in [-0.3, -0.25) is 9.59 Å². The van der Waals surface area contributed by atoms with Crippen LogP contribution >= 0.6 is 0 Å². The molecule has 0 N–H and O–H groups in total. The number of nitrogens with zero attached hydrogens (tertiary/aromatic N) is 2. The van der Waals surface area contributed by atoms with Crippen LogP contribution in [0.3, 0.4) is 0 Å². The number of hydrogen-bond acceptors (Lipinski definition) is 2. The number of rotatable bonds is 7. The Hall–Kier alpha value is -2.24. The summed E-state index contributed by atoms with van der Waals surface area (Å²) in [5.41, 5.74) is 0.269. The summed E-state index contributed by atoms with van der Waals surface area (Å²) in [4.78, 5) is 28.0. The van der Waals surface area contributed by atoms with Gasteiger partial charge in [-0.25, -0.2) is 8.78 Å². The minimum Gasteiger partial charge on any atom is -0.336 e. The molecule has 25 heavy (non-hydrogen) atoms. The second-order valence-electron chi connectivity index (χ2n) is 6.24. The largest absolute Gasteiger partial charge is 0.336 e. The van der Waals surface area contributed by atoms with Crippen molar-refractivity contribution in [1.82, 2.24) is 9.80 Å². The molecule has 1 fully saturated rings. The quantitative estimate of drug-likeness (QED) is 0.708. The summed E-state index contributed by atoms with van der Waals surface area (Å²) in [6.07, 6.45) is 4.21. The molecule has 1 heterocycles. The maximum Gasteiger partial charge on any atom is 0.246 e. The van der Waals surface area contributed by atoms with Crippen molar-refractivity contribution in [3.8, 4) is 0 Å². The van der Waals surface area contributed by atoms with E-state index in [4.69, 9.17) is 0 Å². The Morgan fingerprint density at radius 2 is 2.16 bits per heavy atom. The summed E-state index contributed by atoms with van der Waals surface area (Å²) >= 11 is 0.